The molecule has 2 aliphatic rings. The van der Waals surface area contributed by atoms with E-state index in [2.05, 4.69) is 15.7 Å². The Balaban J connectivity index is 1.38. The maximum absolute atomic E-state index is 13.0. The van der Waals surface area contributed by atoms with Crippen molar-refractivity contribution < 1.29 is 19.1 Å². The van der Waals surface area contributed by atoms with Crippen LogP contribution in [0.25, 0.3) is 5.69 Å². The van der Waals surface area contributed by atoms with E-state index in [0.29, 0.717) is 30.3 Å². The Kier molecular flexibility index (Phi) is 5.47. The van der Waals surface area contributed by atoms with Crippen LogP contribution in [0, 0.1) is 13.8 Å². The smallest absolute Gasteiger partial charge is 0.242 e. The molecule has 2 aromatic carbocycles. The number of carbonyl (C=O) groups is 2. The lowest BCUT2D eigenvalue weighted by Gasteiger charge is -2.34. The molecule has 3 aromatic rings. The number of nitrogens with one attached hydrogen (secondary N) is 2. The first-order valence-corrected chi connectivity index (χ1v) is 10.8. The number of aryl methyl sites for hydroxylation is 1. The summed E-state index contributed by atoms with van der Waals surface area (Å²) in [5, 5.41) is 10.5. The molecule has 0 bridgehead atoms. The molecule has 1 saturated heterocycles. The van der Waals surface area contributed by atoms with Crippen molar-refractivity contribution in [2.75, 3.05) is 31.7 Å². The largest absolute Gasteiger partial charge is 0.454 e. The van der Waals surface area contributed by atoms with Crippen molar-refractivity contribution in [2.45, 2.75) is 19.9 Å². The number of nitrogens with zero attached hydrogens (tertiary/aromatic N) is 3. The molecule has 0 aliphatic carbocycles. The van der Waals surface area contributed by atoms with E-state index in [1.54, 1.807) is 18.2 Å². The minimum Gasteiger partial charge on any atom is -0.454 e. The van der Waals surface area contributed by atoms with Crippen molar-refractivity contribution in [3.8, 4) is 17.2 Å². The second-order valence-electron chi connectivity index (χ2n) is 8.11. The number of para-hydroxylation sites is 1. The van der Waals surface area contributed by atoms with Gasteiger partial charge in [-0.2, -0.15) is 5.10 Å². The summed E-state index contributed by atoms with van der Waals surface area (Å²) in [6, 6.07) is 14.5. The number of fused-ring (bicyclic) bond motifs is 1. The molecule has 0 radical (unpaired) electrons. The first kappa shape index (κ1) is 21.0. The van der Waals surface area contributed by atoms with Crippen molar-refractivity contribution in [3.05, 3.63) is 65.5 Å². The zero-order chi connectivity index (χ0) is 22.9. The van der Waals surface area contributed by atoms with Crippen molar-refractivity contribution in [1.29, 1.82) is 0 Å². The van der Waals surface area contributed by atoms with Crippen molar-refractivity contribution >= 4 is 17.5 Å². The van der Waals surface area contributed by atoms with Crippen molar-refractivity contribution in [3.63, 3.8) is 0 Å². The first-order chi connectivity index (χ1) is 16.0. The summed E-state index contributed by atoms with van der Waals surface area (Å²) in [4.78, 5) is 27.8. The average Bonchev–Trinajstić information content (AvgIpc) is 3.38. The lowest BCUT2D eigenvalue weighted by molar-refractivity contribution is -0.130. The minimum absolute atomic E-state index is 0.0714. The Bertz CT molecular complexity index is 1210. The van der Waals surface area contributed by atoms with Gasteiger partial charge in [0.25, 0.3) is 0 Å². The van der Waals surface area contributed by atoms with Gasteiger partial charge in [-0.15, -0.1) is 0 Å². The molecule has 0 spiro atoms. The zero-order valence-corrected chi connectivity index (χ0v) is 18.5. The fourth-order valence-electron chi connectivity index (χ4n) is 4.43. The monoisotopic (exact) mass is 447 g/mol. The Hall–Kier alpha value is -3.85. The summed E-state index contributed by atoms with van der Waals surface area (Å²) in [7, 11) is 0. The van der Waals surface area contributed by atoms with Gasteiger partial charge >= 0.3 is 0 Å². The second kappa shape index (κ2) is 8.59. The number of carbonyl (C=O) groups excluding carboxylic acids is 2. The fraction of sp³-hybridized carbons (Fsp3) is 0.292. The third kappa shape index (κ3) is 4.03. The molecule has 0 saturated carbocycles. The predicted octanol–water partition coefficient (Wildman–Crippen LogP) is 2.33. The van der Waals surface area contributed by atoms with E-state index >= 15 is 0 Å². The van der Waals surface area contributed by atoms with Crippen LogP contribution in [0.4, 0.5) is 5.69 Å². The highest BCUT2D eigenvalue weighted by molar-refractivity contribution is 5.93. The van der Waals surface area contributed by atoms with Gasteiger partial charge in [0.15, 0.2) is 11.5 Å². The molecule has 2 amide bonds. The quantitative estimate of drug-likeness (QED) is 0.623. The number of benzene rings is 2. The van der Waals surface area contributed by atoms with E-state index in [-0.39, 0.29) is 25.2 Å². The van der Waals surface area contributed by atoms with Gasteiger partial charge in [-0.05, 0) is 38.1 Å². The highest BCUT2D eigenvalue weighted by atomic mass is 16.7. The molecule has 2 N–H and O–H groups in total. The van der Waals surface area contributed by atoms with E-state index in [1.807, 2.05) is 53.8 Å². The van der Waals surface area contributed by atoms with E-state index in [1.165, 1.54) is 0 Å². The Labute approximate surface area is 191 Å². The summed E-state index contributed by atoms with van der Waals surface area (Å²) in [5.41, 5.74) is 4.01. The SMILES string of the molecule is Cc1nn(-c2ccccc2)c(C)c1[C@H]1C(=O)NCCN1CC(=O)Nc1ccc2c(c1)OCO2. The number of amides is 2. The topological polar surface area (TPSA) is 97.7 Å². The van der Waals surface area contributed by atoms with Crippen LogP contribution >= 0.6 is 0 Å². The van der Waals surface area contributed by atoms with Crippen LogP contribution in [0.1, 0.15) is 23.0 Å². The summed E-state index contributed by atoms with van der Waals surface area (Å²) < 4.78 is 12.5. The van der Waals surface area contributed by atoms with E-state index < -0.39 is 6.04 Å². The molecular formula is C24H25N5O4. The molecule has 1 aromatic heterocycles. The number of hydrogen-bond acceptors (Lipinski definition) is 6. The van der Waals surface area contributed by atoms with Crippen LogP contribution in [-0.2, 0) is 9.59 Å². The molecule has 3 heterocycles. The van der Waals surface area contributed by atoms with Crippen LogP contribution < -0.4 is 20.1 Å². The molecule has 33 heavy (non-hydrogen) atoms. The zero-order valence-electron chi connectivity index (χ0n) is 18.5. The van der Waals surface area contributed by atoms with Gasteiger partial charge in [0, 0.05) is 36.1 Å². The minimum atomic E-state index is -0.598. The van der Waals surface area contributed by atoms with Crippen LogP contribution in [0.3, 0.4) is 0 Å². The second-order valence-corrected chi connectivity index (χ2v) is 8.11. The van der Waals surface area contributed by atoms with Gasteiger partial charge in [0.2, 0.25) is 18.6 Å². The summed E-state index contributed by atoms with van der Waals surface area (Å²) in [6.45, 7) is 5.14. The maximum Gasteiger partial charge on any atom is 0.242 e. The summed E-state index contributed by atoms with van der Waals surface area (Å²) >= 11 is 0. The van der Waals surface area contributed by atoms with Gasteiger partial charge in [0.05, 0.1) is 17.9 Å². The number of piperazine rings is 1. The summed E-state index contributed by atoms with van der Waals surface area (Å²) in [6.07, 6.45) is 0. The number of hydrogen-bond donors (Lipinski definition) is 2. The number of anilines is 1. The van der Waals surface area contributed by atoms with Gasteiger partial charge in [-0.25, -0.2) is 4.68 Å². The van der Waals surface area contributed by atoms with E-state index in [9.17, 15) is 9.59 Å². The third-order valence-corrected chi connectivity index (χ3v) is 5.94. The number of ether oxygens (including phenoxy) is 2. The molecule has 1 atom stereocenters. The summed E-state index contributed by atoms with van der Waals surface area (Å²) in [5.74, 6) is 0.917. The van der Waals surface area contributed by atoms with Crippen molar-refractivity contribution in [1.82, 2.24) is 20.0 Å². The van der Waals surface area contributed by atoms with E-state index in [4.69, 9.17) is 9.47 Å². The molecule has 170 valence electrons. The van der Waals surface area contributed by atoms with Crippen LogP contribution in [0.2, 0.25) is 0 Å². The average molecular weight is 447 g/mol. The molecule has 2 aliphatic heterocycles. The van der Waals surface area contributed by atoms with E-state index in [0.717, 1.165) is 22.6 Å². The van der Waals surface area contributed by atoms with Crippen LogP contribution in [0.5, 0.6) is 11.5 Å². The van der Waals surface area contributed by atoms with Gasteiger partial charge in [-0.3, -0.25) is 14.5 Å². The highest BCUT2D eigenvalue weighted by Crippen LogP contribution is 2.34. The van der Waals surface area contributed by atoms with Crippen LogP contribution in [-0.4, -0.2) is 52.9 Å². The molecule has 1 fully saturated rings. The predicted molar refractivity (Wildman–Crippen MR) is 122 cm³/mol. The van der Waals surface area contributed by atoms with Crippen molar-refractivity contribution in [2.24, 2.45) is 0 Å². The maximum atomic E-state index is 13.0. The van der Waals surface area contributed by atoms with Crippen LogP contribution in [0.15, 0.2) is 48.5 Å². The van der Waals surface area contributed by atoms with Gasteiger partial charge in [-0.1, -0.05) is 18.2 Å². The Morgan fingerprint density at radius 3 is 2.76 bits per heavy atom. The highest BCUT2D eigenvalue weighted by Gasteiger charge is 2.36. The molecule has 5 rings (SSSR count). The fourth-order valence-corrected chi connectivity index (χ4v) is 4.43. The lowest BCUT2D eigenvalue weighted by atomic mass is 10.00. The standard InChI is InChI=1S/C24H25N5O4/c1-15-22(16(2)29(27-15)18-6-4-3-5-7-18)23-24(31)25-10-11-28(23)13-21(30)26-17-8-9-19-20(12-17)33-14-32-19/h3-9,12,23H,10-11,13-14H2,1-2H3,(H,25,31)(H,26,30)/t23-/m0/s1. The Morgan fingerprint density at radius 1 is 1.15 bits per heavy atom. The normalized spacial score (nSPS) is 17.6. The van der Waals surface area contributed by atoms with Gasteiger partial charge in [0.1, 0.15) is 6.04 Å². The van der Waals surface area contributed by atoms with Gasteiger partial charge < -0.3 is 20.1 Å². The number of rotatable bonds is 5. The first-order valence-electron chi connectivity index (χ1n) is 10.8. The third-order valence-electron chi connectivity index (χ3n) is 5.94. The molecule has 0 unspecified atom stereocenters. The molecule has 9 nitrogen and oxygen atoms in total. The lowest BCUT2D eigenvalue weighted by Crippen LogP contribution is -2.52. The Morgan fingerprint density at radius 2 is 1.94 bits per heavy atom. The molecular weight excluding hydrogens is 422 g/mol. The molecule has 9 heteroatoms. The number of aromatic nitrogens is 2.